The molecule has 0 atom stereocenters. The van der Waals surface area contributed by atoms with Crippen molar-refractivity contribution in [3.63, 3.8) is 0 Å². The first-order valence-corrected chi connectivity index (χ1v) is 12.2. The summed E-state index contributed by atoms with van der Waals surface area (Å²) >= 11 is 0. The van der Waals surface area contributed by atoms with Gasteiger partial charge in [-0.25, -0.2) is 0 Å². The predicted molar refractivity (Wildman–Crippen MR) is 126 cm³/mol. The van der Waals surface area contributed by atoms with E-state index in [1.807, 2.05) is 53.7 Å². The fraction of sp³-hybridized carbons (Fsp3) is 0.760. The van der Waals surface area contributed by atoms with Gasteiger partial charge in [0, 0.05) is 12.1 Å². The lowest BCUT2D eigenvalue weighted by atomic mass is 9.85. The minimum Gasteiger partial charge on any atom is -0.484 e. The smallest absolute Gasteiger partial charge is 0.422 e. The molecule has 31 heavy (non-hydrogen) atoms. The van der Waals surface area contributed by atoms with Gasteiger partial charge in [-0.3, -0.25) is 0 Å². The minimum absolute atomic E-state index is 0.270. The summed E-state index contributed by atoms with van der Waals surface area (Å²) in [6.07, 6.45) is 2.15. The van der Waals surface area contributed by atoms with E-state index in [1.165, 1.54) is 0 Å². The molecule has 0 radical (unpaired) electrons. The first-order chi connectivity index (χ1) is 14.9. The largest absolute Gasteiger partial charge is 0.484 e. The third kappa shape index (κ3) is 10.7. The second kappa shape index (κ2) is 16.4. The maximum atomic E-state index is 12.5. The van der Waals surface area contributed by atoms with Gasteiger partial charge >= 0.3 is 6.18 Å². The first-order valence-electron chi connectivity index (χ1n) is 12.2. The molecule has 1 aromatic carbocycles. The van der Waals surface area contributed by atoms with Gasteiger partial charge in [-0.05, 0) is 69.2 Å². The summed E-state index contributed by atoms with van der Waals surface area (Å²) in [5, 5.41) is 0. The summed E-state index contributed by atoms with van der Waals surface area (Å²) in [5.74, 6) is 0.647. The average molecular weight is 447 g/mol. The van der Waals surface area contributed by atoms with Gasteiger partial charge in [-0.15, -0.1) is 0 Å². The zero-order valence-electron chi connectivity index (χ0n) is 20.5. The number of hydrogen-bond acceptors (Lipinski definition) is 3. The van der Waals surface area contributed by atoms with Gasteiger partial charge in [-0.1, -0.05) is 59.7 Å². The highest BCUT2D eigenvalue weighted by molar-refractivity contribution is 5.36. The SMILES string of the molecule is CC.CC.CC.NC1CCC(N2CCC(c3ccccc3OCC(F)(F)F)CC2)CC1. The van der Waals surface area contributed by atoms with Crippen LogP contribution in [0.3, 0.4) is 0 Å². The third-order valence-electron chi connectivity index (χ3n) is 5.54. The van der Waals surface area contributed by atoms with E-state index in [0.717, 1.165) is 57.2 Å². The summed E-state index contributed by atoms with van der Waals surface area (Å²) in [6.45, 7) is 12.8. The van der Waals surface area contributed by atoms with Crippen LogP contribution in [0.4, 0.5) is 13.2 Å². The standard InChI is InChI=1S/C19H27F3N2O.3C2H6/c20-19(21,22)13-25-18-4-2-1-3-17(18)14-9-11-24(12-10-14)16-7-5-15(23)6-8-16;3*1-2/h1-4,14-16H,5-13,23H2;3*1-2H3. The Morgan fingerprint density at radius 1 is 0.871 bits per heavy atom. The topological polar surface area (TPSA) is 38.5 Å². The van der Waals surface area contributed by atoms with Gasteiger partial charge in [0.1, 0.15) is 5.75 Å². The molecule has 0 unspecified atom stereocenters. The van der Waals surface area contributed by atoms with Crippen molar-refractivity contribution in [2.75, 3.05) is 19.7 Å². The van der Waals surface area contributed by atoms with Crippen LogP contribution in [-0.4, -0.2) is 42.9 Å². The zero-order chi connectivity index (χ0) is 23.9. The molecular formula is C25H45F3N2O. The quantitative estimate of drug-likeness (QED) is 0.533. The molecule has 6 heteroatoms. The summed E-state index contributed by atoms with van der Waals surface area (Å²) < 4.78 is 42.4. The molecule has 1 saturated carbocycles. The minimum atomic E-state index is -4.31. The van der Waals surface area contributed by atoms with E-state index in [-0.39, 0.29) is 5.92 Å². The molecular weight excluding hydrogens is 401 g/mol. The maximum Gasteiger partial charge on any atom is 0.422 e. The van der Waals surface area contributed by atoms with Crippen LogP contribution in [-0.2, 0) is 0 Å². The van der Waals surface area contributed by atoms with Gasteiger partial charge < -0.3 is 15.4 Å². The van der Waals surface area contributed by atoms with Crippen molar-refractivity contribution in [3.05, 3.63) is 29.8 Å². The van der Waals surface area contributed by atoms with E-state index < -0.39 is 12.8 Å². The number of halogens is 3. The Kier molecular flexibility index (Phi) is 15.7. The van der Waals surface area contributed by atoms with E-state index in [4.69, 9.17) is 10.5 Å². The van der Waals surface area contributed by atoms with Gasteiger partial charge in [0.15, 0.2) is 6.61 Å². The van der Waals surface area contributed by atoms with Crippen molar-refractivity contribution < 1.29 is 17.9 Å². The molecule has 3 rings (SSSR count). The lowest BCUT2D eigenvalue weighted by Crippen LogP contribution is -2.44. The molecule has 182 valence electrons. The van der Waals surface area contributed by atoms with Crippen LogP contribution in [0.25, 0.3) is 0 Å². The monoisotopic (exact) mass is 446 g/mol. The summed E-state index contributed by atoms with van der Waals surface area (Å²) in [4.78, 5) is 2.54. The van der Waals surface area contributed by atoms with Crippen LogP contribution in [0.2, 0.25) is 0 Å². The number of benzene rings is 1. The fourth-order valence-corrected chi connectivity index (χ4v) is 4.15. The molecule has 1 saturated heterocycles. The molecule has 1 aromatic rings. The number of hydrogen-bond donors (Lipinski definition) is 1. The molecule has 0 amide bonds. The van der Waals surface area contributed by atoms with Crippen molar-refractivity contribution in [1.82, 2.24) is 4.90 Å². The van der Waals surface area contributed by atoms with Crippen LogP contribution < -0.4 is 10.5 Å². The zero-order valence-corrected chi connectivity index (χ0v) is 20.5. The summed E-state index contributed by atoms with van der Waals surface area (Å²) in [5.41, 5.74) is 6.90. The predicted octanol–water partition coefficient (Wildman–Crippen LogP) is 7.16. The Hall–Kier alpha value is -1.27. The van der Waals surface area contributed by atoms with Crippen LogP contribution in [0, 0.1) is 0 Å². The first kappa shape index (κ1) is 29.7. The van der Waals surface area contributed by atoms with Crippen LogP contribution in [0.15, 0.2) is 24.3 Å². The van der Waals surface area contributed by atoms with E-state index >= 15 is 0 Å². The van der Waals surface area contributed by atoms with Gasteiger partial charge in [0.05, 0.1) is 0 Å². The Balaban J connectivity index is 0.00000138. The Bertz CT molecular complexity index is 550. The number of nitrogens with zero attached hydrogens (tertiary/aromatic N) is 1. The number of para-hydroxylation sites is 1. The van der Waals surface area contributed by atoms with Crippen molar-refractivity contribution in [3.8, 4) is 5.75 Å². The molecule has 2 fully saturated rings. The van der Waals surface area contributed by atoms with Crippen LogP contribution in [0.1, 0.15) is 91.5 Å². The van der Waals surface area contributed by atoms with Crippen molar-refractivity contribution in [2.24, 2.45) is 5.73 Å². The van der Waals surface area contributed by atoms with Crippen LogP contribution >= 0.6 is 0 Å². The number of piperidine rings is 1. The van der Waals surface area contributed by atoms with Crippen molar-refractivity contribution >= 4 is 0 Å². The summed E-state index contributed by atoms with van der Waals surface area (Å²) in [6, 6.07) is 8.14. The molecule has 3 nitrogen and oxygen atoms in total. The molecule has 1 heterocycles. The molecule has 2 N–H and O–H groups in total. The lowest BCUT2D eigenvalue weighted by Gasteiger charge is -2.40. The van der Waals surface area contributed by atoms with Gasteiger partial charge in [0.2, 0.25) is 0 Å². The highest BCUT2D eigenvalue weighted by atomic mass is 19.4. The Labute approximate surface area is 188 Å². The van der Waals surface area contributed by atoms with Crippen molar-refractivity contribution in [1.29, 1.82) is 0 Å². The molecule has 0 bridgehead atoms. The highest BCUT2D eigenvalue weighted by Gasteiger charge is 2.31. The number of ether oxygens (including phenoxy) is 1. The number of likely N-dealkylation sites (tertiary alicyclic amines) is 1. The summed E-state index contributed by atoms with van der Waals surface area (Å²) in [7, 11) is 0. The van der Waals surface area contributed by atoms with E-state index in [9.17, 15) is 13.2 Å². The molecule has 1 aliphatic heterocycles. The van der Waals surface area contributed by atoms with E-state index in [2.05, 4.69) is 4.90 Å². The van der Waals surface area contributed by atoms with Gasteiger partial charge in [0.25, 0.3) is 0 Å². The van der Waals surface area contributed by atoms with Crippen LogP contribution in [0.5, 0.6) is 5.75 Å². The Morgan fingerprint density at radius 3 is 1.90 bits per heavy atom. The Morgan fingerprint density at radius 2 is 1.39 bits per heavy atom. The molecule has 2 aliphatic rings. The van der Waals surface area contributed by atoms with E-state index in [0.29, 0.717) is 17.8 Å². The molecule has 0 spiro atoms. The van der Waals surface area contributed by atoms with Gasteiger partial charge in [-0.2, -0.15) is 13.2 Å². The van der Waals surface area contributed by atoms with E-state index in [1.54, 1.807) is 12.1 Å². The number of alkyl halides is 3. The highest BCUT2D eigenvalue weighted by Crippen LogP contribution is 2.36. The maximum absolute atomic E-state index is 12.5. The van der Waals surface area contributed by atoms with Crippen molar-refractivity contribution in [2.45, 2.75) is 104 Å². The number of rotatable bonds is 4. The lowest BCUT2D eigenvalue weighted by molar-refractivity contribution is -0.153. The third-order valence-corrected chi connectivity index (χ3v) is 5.54. The fourth-order valence-electron chi connectivity index (χ4n) is 4.15. The second-order valence-corrected chi connectivity index (χ2v) is 7.32. The normalized spacial score (nSPS) is 22.0. The second-order valence-electron chi connectivity index (χ2n) is 7.32. The average Bonchev–Trinajstić information content (AvgIpc) is 2.82. The molecule has 1 aliphatic carbocycles. The number of nitrogens with two attached hydrogens (primary N) is 1. The molecule has 0 aromatic heterocycles.